The van der Waals surface area contributed by atoms with Gasteiger partial charge in [0, 0.05) is 34.9 Å². The van der Waals surface area contributed by atoms with Gasteiger partial charge in [0.2, 0.25) is 5.91 Å². The Morgan fingerprint density at radius 2 is 1.72 bits per heavy atom. The number of hydrogen-bond donors (Lipinski definition) is 4. The number of carbonyl (C=O) groups excluding carboxylic acids is 2. The largest absolute Gasteiger partial charge is 0.352 e. The molecule has 4 N–H and O–H groups in total. The number of pyridine rings is 1. The molecule has 8 nitrogen and oxygen atoms in total. The minimum Gasteiger partial charge on any atom is -0.352 e. The van der Waals surface area contributed by atoms with Crippen molar-refractivity contribution in [1.82, 2.24) is 25.6 Å². The third-order valence-corrected chi connectivity index (χ3v) is 6.19. The van der Waals surface area contributed by atoms with Crippen LogP contribution in [-0.2, 0) is 11.2 Å². The van der Waals surface area contributed by atoms with Crippen molar-refractivity contribution in [2.75, 3.05) is 25.5 Å². The summed E-state index contributed by atoms with van der Waals surface area (Å²) in [6.07, 6.45) is 4.04. The summed E-state index contributed by atoms with van der Waals surface area (Å²) >= 11 is 0. The number of hydrogen-bond acceptors (Lipinski definition) is 5. The van der Waals surface area contributed by atoms with Crippen LogP contribution in [0.5, 0.6) is 0 Å². The predicted molar refractivity (Wildman–Crippen MR) is 150 cm³/mol. The molecule has 0 bridgehead atoms. The third-order valence-electron chi connectivity index (χ3n) is 6.19. The molecular formula is C30H27FN6O2. The Labute approximate surface area is 224 Å². The first-order valence-electron chi connectivity index (χ1n) is 12.5. The quantitative estimate of drug-likeness (QED) is 0.227. The normalized spacial score (nSPS) is 10.9. The van der Waals surface area contributed by atoms with E-state index in [2.05, 4.69) is 30.9 Å². The van der Waals surface area contributed by atoms with Crippen molar-refractivity contribution in [3.05, 3.63) is 102 Å². The number of aromatic amines is 1. The van der Waals surface area contributed by atoms with Crippen LogP contribution in [0.4, 0.5) is 10.1 Å². The first kappa shape index (κ1) is 25.7. The van der Waals surface area contributed by atoms with Gasteiger partial charge in [-0.05, 0) is 60.8 Å². The minimum atomic E-state index is -0.300. The van der Waals surface area contributed by atoms with E-state index in [1.165, 1.54) is 12.1 Å². The van der Waals surface area contributed by atoms with Crippen LogP contribution in [0.2, 0.25) is 0 Å². The van der Waals surface area contributed by atoms with E-state index in [1.54, 1.807) is 49.8 Å². The minimum absolute atomic E-state index is 0.130. The maximum Gasteiger partial charge on any atom is 0.251 e. The van der Waals surface area contributed by atoms with Gasteiger partial charge in [-0.15, -0.1) is 0 Å². The van der Waals surface area contributed by atoms with Gasteiger partial charge < -0.3 is 20.9 Å². The summed E-state index contributed by atoms with van der Waals surface area (Å²) < 4.78 is 13.2. The second-order valence-corrected chi connectivity index (χ2v) is 9.07. The SMILES string of the molecule is CNCC(=O)Nc1cc(C(=O)NCCc2ccc(F)cc2)cc(-c2cnc(-c3cc4ccccc4cn3)[nH]2)c1. The van der Waals surface area contributed by atoms with E-state index < -0.39 is 0 Å². The number of nitrogens with one attached hydrogen (secondary N) is 4. The van der Waals surface area contributed by atoms with Crippen molar-refractivity contribution >= 4 is 28.3 Å². The molecule has 3 aromatic carbocycles. The van der Waals surface area contributed by atoms with Crippen molar-refractivity contribution in [3.8, 4) is 22.8 Å². The van der Waals surface area contributed by atoms with Crippen molar-refractivity contribution < 1.29 is 14.0 Å². The van der Waals surface area contributed by atoms with Crippen LogP contribution in [-0.4, -0.2) is 46.9 Å². The average Bonchev–Trinajstić information content (AvgIpc) is 3.44. The highest BCUT2D eigenvalue weighted by atomic mass is 19.1. The van der Waals surface area contributed by atoms with Gasteiger partial charge in [-0.3, -0.25) is 14.6 Å². The lowest BCUT2D eigenvalue weighted by molar-refractivity contribution is -0.115. The molecule has 2 amide bonds. The van der Waals surface area contributed by atoms with E-state index in [0.717, 1.165) is 16.3 Å². The molecule has 2 heterocycles. The van der Waals surface area contributed by atoms with Gasteiger partial charge in [-0.2, -0.15) is 0 Å². The van der Waals surface area contributed by atoms with Crippen molar-refractivity contribution in [2.24, 2.45) is 0 Å². The summed E-state index contributed by atoms with van der Waals surface area (Å²) in [7, 11) is 1.68. The maximum atomic E-state index is 13.2. The summed E-state index contributed by atoms with van der Waals surface area (Å²) in [5.74, 6) is -0.238. The number of amides is 2. The van der Waals surface area contributed by atoms with Gasteiger partial charge in [-0.25, -0.2) is 9.37 Å². The maximum absolute atomic E-state index is 13.2. The summed E-state index contributed by atoms with van der Waals surface area (Å²) in [5.41, 5.74) is 3.82. The van der Waals surface area contributed by atoms with E-state index in [0.29, 0.717) is 47.0 Å². The molecule has 5 aromatic rings. The Bertz CT molecular complexity index is 1630. The van der Waals surface area contributed by atoms with E-state index in [1.807, 2.05) is 30.3 Å². The summed E-state index contributed by atoms with van der Waals surface area (Å²) in [6.45, 7) is 0.503. The molecule has 0 aliphatic rings. The molecule has 0 saturated carbocycles. The number of likely N-dealkylation sites (N-methyl/N-ethyl adjacent to an activating group) is 1. The first-order valence-corrected chi connectivity index (χ1v) is 12.5. The van der Waals surface area contributed by atoms with Gasteiger partial charge in [0.25, 0.3) is 5.91 Å². The lowest BCUT2D eigenvalue weighted by Crippen LogP contribution is -2.27. The molecule has 0 spiro atoms. The van der Waals surface area contributed by atoms with Crippen LogP contribution in [0.25, 0.3) is 33.5 Å². The van der Waals surface area contributed by atoms with Gasteiger partial charge in [0.05, 0.1) is 18.4 Å². The van der Waals surface area contributed by atoms with Crippen molar-refractivity contribution in [1.29, 1.82) is 0 Å². The van der Waals surface area contributed by atoms with Crippen LogP contribution in [0.15, 0.2) is 85.2 Å². The molecule has 196 valence electrons. The van der Waals surface area contributed by atoms with E-state index in [4.69, 9.17) is 0 Å². The molecule has 9 heteroatoms. The lowest BCUT2D eigenvalue weighted by atomic mass is 10.1. The molecule has 0 aliphatic heterocycles. The predicted octanol–water partition coefficient (Wildman–Crippen LogP) is 4.56. The van der Waals surface area contributed by atoms with Gasteiger partial charge >= 0.3 is 0 Å². The standard InChI is InChI=1S/C30H27FN6O2/c1-32-18-28(38)36-25-13-22(12-23(14-25)30(39)33-11-10-19-6-8-24(31)9-7-19)27-17-35-29(37-27)26-15-20-4-2-3-5-21(20)16-34-26/h2-9,12-17,32H,10-11,18H2,1H3,(H,33,39)(H,35,37)(H,36,38). The van der Waals surface area contributed by atoms with Gasteiger partial charge in [0.15, 0.2) is 5.82 Å². The Morgan fingerprint density at radius 1 is 0.923 bits per heavy atom. The summed E-state index contributed by atoms with van der Waals surface area (Å²) in [5, 5.41) is 10.6. The number of carbonyl (C=O) groups is 2. The third kappa shape index (κ3) is 6.34. The van der Waals surface area contributed by atoms with E-state index in [9.17, 15) is 14.0 Å². The topological polar surface area (TPSA) is 112 Å². The van der Waals surface area contributed by atoms with Crippen LogP contribution >= 0.6 is 0 Å². The number of nitrogens with zero attached hydrogens (tertiary/aromatic N) is 2. The van der Waals surface area contributed by atoms with E-state index >= 15 is 0 Å². The van der Waals surface area contributed by atoms with Crippen LogP contribution in [0.1, 0.15) is 15.9 Å². The number of halogens is 1. The zero-order valence-electron chi connectivity index (χ0n) is 21.3. The number of anilines is 1. The van der Waals surface area contributed by atoms with Crippen LogP contribution in [0.3, 0.4) is 0 Å². The molecule has 0 atom stereocenters. The lowest BCUT2D eigenvalue weighted by Gasteiger charge is -2.11. The summed E-state index contributed by atoms with van der Waals surface area (Å²) in [4.78, 5) is 37.6. The fourth-order valence-corrected chi connectivity index (χ4v) is 4.24. The van der Waals surface area contributed by atoms with Crippen molar-refractivity contribution in [3.63, 3.8) is 0 Å². The number of aromatic nitrogens is 3. The van der Waals surface area contributed by atoms with Crippen LogP contribution < -0.4 is 16.0 Å². The Hall–Kier alpha value is -4.89. The number of H-pyrrole nitrogens is 1. The van der Waals surface area contributed by atoms with Crippen LogP contribution in [0, 0.1) is 5.82 Å². The zero-order valence-corrected chi connectivity index (χ0v) is 21.3. The molecule has 0 aliphatic carbocycles. The molecule has 0 saturated heterocycles. The number of rotatable bonds is 9. The molecule has 0 radical (unpaired) electrons. The number of imidazole rings is 1. The first-order chi connectivity index (χ1) is 19.0. The highest BCUT2D eigenvalue weighted by Gasteiger charge is 2.14. The second kappa shape index (κ2) is 11.7. The molecule has 0 fully saturated rings. The second-order valence-electron chi connectivity index (χ2n) is 9.07. The van der Waals surface area contributed by atoms with E-state index in [-0.39, 0.29) is 24.2 Å². The fraction of sp³-hybridized carbons (Fsp3) is 0.133. The Kier molecular flexibility index (Phi) is 7.70. The molecule has 0 unspecified atom stereocenters. The summed E-state index contributed by atoms with van der Waals surface area (Å²) in [6, 6.07) is 21.3. The molecule has 5 rings (SSSR count). The van der Waals surface area contributed by atoms with Gasteiger partial charge in [-0.1, -0.05) is 36.4 Å². The monoisotopic (exact) mass is 522 g/mol. The highest BCUT2D eigenvalue weighted by Crippen LogP contribution is 2.27. The Morgan fingerprint density at radius 3 is 2.51 bits per heavy atom. The smallest absolute Gasteiger partial charge is 0.251 e. The molecule has 39 heavy (non-hydrogen) atoms. The molecular weight excluding hydrogens is 495 g/mol. The highest BCUT2D eigenvalue weighted by molar-refractivity contribution is 5.99. The zero-order chi connectivity index (χ0) is 27.2. The van der Waals surface area contributed by atoms with Crippen molar-refractivity contribution in [2.45, 2.75) is 6.42 Å². The molecule has 2 aromatic heterocycles. The average molecular weight is 523 g/mol. The van der Waals surface area contributed by atoms with Gasteiger partial charge in [0.1, 0.15) is 11.5 Å². The number of fused-ring (bicyclic) bond motifs is 1. The number of benzene rings is 3. The fourth-order valence-electron chi connectivity index (χ4n) is 4.24. The Balaban J connectivity index is 1.39.